The average molecular weight is 280 g/mol. The quantitative estimate of drug-likeness (QED) is 0.624. The maximum Gasteiger partial charge on any atom is 0.102 e. The van der Waals surface area contributed by atoms with Gasteiger partial charge in [0.1, 0.15) is 5.03 Å². The molecule has 0 amide bonds. The SMILES string of the molecule is CSc1c2c(cc3cc(C)nn13)-c1ccccc1CC2. The molecule has 100 valence electrons. The Hall–Kier alpha value is -1.74. The van der Waals surface area contributed by atoms with Crippen molar-refractivity contribution in [3.8, 4) is 11.1 Å². The van der Waals surface area contributed by atoms with Crippen LogP contribution in [-0.4, -0.2) is 15.9 Å². The molecule has 1 aliphatic carbocycles. The molecule has 0 fully saturated rings. The number of hydrogen-bond donors (Lipinski definition) is 0. The molecule has 0 saturated carbocycles. The molecule has 0 atom stereocenters. The fourth-order valence-corrected chi connectivity index (χ4v) is 3.99. The van der Waals surface area contributed by atoms with E-state index in [1.165, 1.54) is 32.8 Å². The van der Waals surface area contributed by atoms with Crippen molar-refractivity contribution in [3.05, 3.63) is 53.2 Å². The maximum absolute atomic E-state index is 4.64. The third-order valence-corrected chi connectivity index (χ3v) is 4.88. The second-order valence-corrected chi connectivity index (χ2v) is 6.12. The molecule has 3 heteroatoms. The minimum Gasteiger partial charge on any atom is -0.227 e. The maximum atomic E-state index is 4.64. The van der Waals surface area contributed by atoms with E-state index in [1.807, 2.05) is 0 Å². The molecule has 2 heterocycles. The van der Waals surface area contributed by atoms with Gasteiger partial charge in [0.25, 0.3) is 0 Å². The minimum absolute atomic E-state index is 1.08. The number of rotatable bonds is 1. The number of nitrogens with zero attached hydrogens (tertiary/aromatic N) is 2. The van der Waals surface area contributed by atoms with Crippen molar-refractivity contribution < 1.29 is 0 Å². The number of aryl methyl sites for hydroxylation is 2. The molecule has 4 rings (SSSR count). The Morgan fingerprint density at radius 2 is 1.95 bits per heavy atom. The Bertz CT molecular complexity index is 817. The second kappa shape index (κ2) is 4.38. The summed E-state index contributed by atoms with van der Waals surface area (Å²) in [5, 5.41) is 5.94. The number of benzene rings is 1. The Balaban J connectivity index is 2.10. The van der Waals surface area contributed by atoms with Crippen molar-refractivity contribution >= 4 is 17.3 Å². The summed E-state index contributed by atoms with van der Waals surface area (Å²) in [5.41, 5.74) is 7.98. The van der Waals surface area contributed by atoms with E-state index in [-0.39, 0.29) is 0 Å². The van der Waals surface area contributed by atoms with Gasteiger partial charge in [0.05, 0.1) is 11.2 Å². The van der Waals surface area contributed by atoms with Gasteiger partial charge in [-0.2, -0.15) is 5.10 Å². The summed E-state index contributed by atoms with van der Waals surface area (Å²) < 4.78 is 2.10. The van der Waals surface area contributed by atoms with E-state index >= 15 is 0 Å². The Kier molecular flexibility index (Phi) is 2.64. The highest BCUT2D eigenvalue weighted by Gasteiger charge is 2.21. The first-order chi connectivity index (χ1) is 9.78. The molecule has 0 unspecified atom stereocenters. The zero-order valence-corrected chi connectivity index (χ0v) is 12.5. The zero-order chi connectivity index (χ0) is 13.7. The van der Waals surface area contributed by atoms with E-state index in [4.69, 9.17) is 0 Å². The standard InChI is InChI=1S/C17H16N2S/c1-11-9-13-10-16-14-6-4-3-5-12(14)7-8-15(16)17(20-2)19(13)18-11/h3-6,9-10H,7-8H2,1-2H3. The topological polar surface area (TPSA) is 17.3 Å². The number of aromatic nitrogens is 2. The van der Waals surface area contributed by atoms with Crippen LogP contribution in [-0.2, 0) is 12.8 Å². The van der Waals surface area contributed by atoms with Crippen molar-refractivity contribution in [2.24, 2.45) is 0 Å². The average Bonchev–Trinajstić information content (AvgIpc) is 2.84. The third kappa shape index (κ3) is 1.63. The van der Waals surface area contributed by atoms with Gasteiger partial charge in [0, 0.05) is 0 Å². The number of fused-ring (bicyclic) bond motifs is 4. The van der Waals surface area contributed by atoms with Crippen LogP contribution < -0.4 is 0 Å². The smallest absolute Gasteiger partial charge is 0.102 e. The van der Waals surface area contributed by atoms with E-state index < -0.39 is 0 Å². The van der Waals surface area contributed by atoms with Gasteiger partial charge in [0.2, 0.25) is 0 Å². The molecule has 0 bridgehead atoms. The lowest BCUT2D eigenvalue weighted by Crippen LogP contribution is -2.08. The van der Waals surface area contributed by atoms with Gasteiger partial charge >= 0.3 is 0 Å². The third-order valence-electron chi connectivity index (χ3n) is 4.07. The molecule has 0 spiro atoms. The molecule has 0 radical (unpaired) electrons. The Morgan fingerprint density at radius 3 is 2.80 bits per heavy atom. The second-order valence-electron chi connectivity index (χ2n) is 5.33. The lowest BCUT2D eigenvalue weighted by atomic mass is 9.86. The predicted octanol–water partition coefficient (Wildman–Crippen LogP) is 4.13. The van der Waals surface area contributed by atoms with Crippen molar-refractivity contribution in [2.45, 2.75) is 24.8 Å². The van der Waals surface area contributed by atoms with Crippen LogP contribution in [0.4, 0.5) is 0 Å². The van der Waals surface area contributed by atoms with Gasteiger partial charge in [-0.3, -0.25) is 0 Å². The summed E-state index contributed by atoms with van der Waals surface area (Å²) in [7, 11) is 0. The zero-order valence-electron chi connectivity index (χ0n) is 11.7. The molecule has 0 saturated heterocycles. The van der Waals surface area contributed by atoms with Crippen LogP contribution in [0.2, 0.25) is 0 Å². The first kappa shape index (κ1) is 12.0. The molecule has 0 aliphatic heterocycles. The molecule has 1 aliphatic rings. The van der Waals surface area contributed by atoms with Crippen molar-refractivity contribution in [1.82, 2.24) is 9.61 Å². The van der Waals surface area contributed by atoms with Crippen LogP contribution in [0.15, 0.2) is 41.4 Å². The van der Waals surface area contributed by atoms with Crippen LogP contribution in [0.3, 0.4) is 0 Å². The van der Waals surface area contributed by atoms with Gasteiger partial charge in [0.15, 0.2) is 0 Å². The highest BCUT2D eigenvalue weighted by Crippen LogP contribution is 2.38. The van der Waals surface area contributed by atoms with E-state index in [0.29, 0.717) is 0 Å². The fraction of sp³-hybridized carbons (Fsp3) is 0.235. The fourth-order valence-electron chi connectivity index (χ4n) is 3.22. The number of hydrogen-bond acceptors (Lipinski definition) is 2. The number of thioether (sulfide) groups is 1. The Labute approximate surface area is 122 Å². The summed E-state index contributed by atoms with van der Waals surface area (Å²) in [4.78, 5) is 0. The van der Waals surface area contributed by atoms with Gasteiger partial charge < -0.3 is 0 Å². The van der Waals surface area contributed by atoms with Crippen molar-refractivity contribution in [2.75, 3.05) is 6.26 Å². The molecular formula is C17H16N2S. The van der Waals surface area contributed by atoms with E-state index in [1.54, 1.807) is 11.8 Å². The summed E-state index contributed by atoms with van der Waals surface area (Å²) in [5.74, 6) is 0. The van der Waals surface area contributed by atoms with Crippen LogP contribution in [0.25, 0.3) is 16.6 Å². The van der Waals surface area contributed by atoms with E-state index in [0.717, 1.165) is 18.5 Å². The summed E-state index contributed by atoms with van der Waals surface area (Å²) in [6, 6.07) is 13.2. The monoisotopic (exact) mass is 280 g/mol. The molecule has 2 aromatic heterocycles. The predicted molar refractivity (Wildman–Crippen MR) is 84.6 cm³/mol. The Morgan fingerprint density at radius 1 is 1.10 bits per heavy atom. The van der Waals surface area contributed by atoms with Crippen molar-refractivity contribution in [1.29, 1.82) is 0 Å². The highest BCUT2D eigenvalue weighted by molar-refractivity contribution is 7.98. The highest BCUT2D eigenvalue weighted by atomic mass is 32.2. The normalized spacial score (nSPS) is 13.3. The van der Waals surface area contributed by atoms with Crippen LogP contribution in [0, 0.1) is 6.92 Å². The number of pyridine rings is 1. The van der Waals surface area contributed by atoms with E-state index in [2.05, 4.69) is 59.2 Å². The van der Waals surface area contributed by atoms with E-state index in [9.17, 15) is 0 Å². The molecule has 1 aromatic carbocycles. The first-order valence-corrected chi connectivity index (χ1v) is 8.15. The van der Waals surface area contributed by atoms with Crippen LogP contribution >= 0.6 is 11.8 Å². The summed E-state index contributed by atoms with van der Waals surface area (Å²) in [6.07, 6.45) is 4.38. The summed E-state index contributed by atoms with van der Waals surface area (Å²) in [6.45, 7) is 2.06. The lowest BCUT2D eigenvalue weighted by molar-refractivity contribution is 0.795. The van der Waals surface area contributed by atoms with Gasteiger partial charge in [-0.15, -0.1) is 11.8 Å². The van der Waals surface area contributed by atoms with Crippen molar-refractivity contribution in [3.63, 3.8) is 0 Å². The molecule has 2 nitrogen and oxygen atoms in total. The molecular weight excluding hydrogens is 264 g/mol. The molecule has 3 aromatic rings. The summed E-state index contributed by atoms with van der Waals surface area (Å²) >= 11 is 1.80. The molecule has 0 N–H and O–H groups in total. The van der Waals surface area contributed by atoms with Gasteiger partial charge in [-0.05, 0) is 60.4 Å². The largest absolute Gasteiger partial charge is 0.227 e. The lowest BCUT2D eigenvalue weighted by Gasteiger charge is -2.22. The first-order valence-electron chi connectivity index (χ1n) is 6.92. The molecule has 20 heavy (non-hydrogen) atoms. The van der Waals surface area contributed by atoms with Crippen LogP contribution in [0.5, 0.6) is 0 Å². The minimum atomic E-state index is 1.08. The van der Waals surface area contributed by atoms with Gasteiger partial charge in [-0.1, -0.05) is 24.3 Å². The van der Waals surface area contributed by atoms with Gasteiger partial charge in [-0.25, -0.2) is 4.52 Å². The van der Waals surface area contributed by atoms with Crippen LogP contribution in [0.1, 0.15) is 16.8 Å².